The predicted octanol–water partition coefficient (Wildman–Crippen LogP) is 5.44. The lowest BCUT2D eigenvalue weighted by atomic mass is 10.1. The Hall–Kier alpha value is -1.80. The highest BCUT2D eigenvalue weighted by molar-refractivity contribution is 7.99. The van der Waals surface area contributed by atoms with Crippen molar-refractivity contribution in [3.63, 3.8) is 0 Å². The summed E-state index contributed by atoms with van der Waals surface area (Å²) in [6.07, 6.45) is 0. The normalized spacial score (nSPS) is 10.8. The van der Waals surface area contributed by atoms with Crippen molar-refractivity contribution in [3.05, 3.63) is 72.0 Å². The highest BCUT2D eigenvalue weighted by Crippen LogP contribution is 2.36. The molecular formula is C17H13FS. The van der Waals surface area contributed by atoms with Gasteiger partial charge in [-0.3, -0.25) is 0 Å². The van der Waals surface area contributed by atoms with Gasteiger partial charge in [-0.05, 0) is 35.4 Å². The fourth-order valence-corrected chi connectivity index (χ4v) is 3.16. The van der Waals surface area contributed by atoms with Gasteiger partial charge in [-0.1, -0.05) is 60.3 Å². The van der Waals surface area contributed by atoms with Gasteiger partial charge in [0.1, 0.15) is 5.82 Å². The smallest absolute Gasteiger partial charge is 0.137 e. The first-order valence-corrected chi connectivity index (χ1v) is 6.98. The third kappa shape index (κ3) is 2.36. The molecule has 0 spiro atoms. The molecule has 0 saturated heterocycles. The van der Waals surface area contributed by atoms with Gasteiger partial charge in [-0.25, -0.2) is 4.39 Å². The van der Waals surface area contributed by atoms with Gasteiger partial charge in [0.15, 0.2) is 0 Å². The van der Waals surface area contributed by atoms with Crippen LogP contribution in [-0.2, 0) is 0 Å². The van der Waals surface area contributed by atoms with Gasteiger partial charge in [0.2, 0.25) is 0 Å². The fraction of sp³-hybridized carbons (Fsp3) is 0.0588. The van der Waals surface area contributed by atoms with E-state index >= 15 is 0 Å². The quantitative estimate of drug-likeness (QED) is 0.596. The number of aryl methyl sites for hydroxylation is 1. The topological polar surface area (TPSA) is 0 Å². The molecule has 0 aliphatic rings. The molecule has 2 heteroatoms. The largest absolute Gasteiger partial charge is 0.206 e. The van der Waals surface area contributed by atoms with Crippen molar-refractivity contribution in [1.82, 2.24) is 0 Å². The molecule has 3 aromatic carbocycles. The molecule has 0 amide bonds. The van der Waals surface area contributed by atoms with Crippen LogP contribution in [0.25, 0.3) is 10.8 Å². The lowest BCUT2D eigenvalue weighted by molar-refractivity contribution is 0.605. The van der Waals surface area contributed by atoms with E-state index in [1.165, 1.54) is 17.3 Å². The minimum atomic E-state index is -0.160. The molecular weight excluding hydrogens is 255 g/mol. The van der Waals surface area contributed by atoms with Crippen molar-refractivity contribution < 1.29 is 4.39 Å². The van der Waals surface area contributed by atoms with Crippen LogP contribution in [0.5, 0.6) is 0 Å². The number of hydrogen-bond donors (Lipinski definition) is 0. The van der Waals surface area contributed by atoms with Crippen molar-refractivity contribution in [2.75, 3.05) is 0 Å². The molecule has 0 N–H and O–H groups in total. The first kappa shape index (κ1) is 12.2. The maximum absolute atomic E-state index is 14.1. The highest BCUT2D eigenvalue weighted by atomic mass is 32.2. The summed E-state index contributed by atoms with van der Waals surface area (Å²) in [5.74, 6) is -0.160. The van der Waals surface area contributed by atoms with Crippen LogP contribution in [0.1, 0.15) is 5.56 Å². The van der Waals surface area contributed by atoms with E-state index in [2.05, 4.69) is 0 Å². The van der Waals surface area contributed by atoms with Crippen LogP contribution < -0.4 is 0 Å². The number of benzene rings is 3. The summed E-state index contributed by atoms with van der Waals surface area (Å²) in [4.78, 5) is 1.80. The molecule has 0 radical (unpaired) electrons. The van der Waals surface area contributed by atoms with Gasteiger partial charge < -0.3 is 0 Å². The number of hydrogen-bond acceptors (Lipinski definition) is 1. The molecule has 0 saturated carbocycles. The second-order valence-corrected chi connectivity index (χ2v) is 5.52. The Morgan fingerprint density at radius 3 is 2.42 bits per heavy atom. The minimum Gasteiger partial charge on any atom is -0.206 e. The van der Waals surface area contributed by atoms with Gasteiger partial charge in [0, 0.05) is 4.90 Å². The molecule has 0 aromatic heterocycles. The molecule has 0 heterocycles. The lowest BCUT2D eigenvalue weighted by Gasteiger charge is -2.09. The van der Waals surface area contributed by atoms with Gasteiger partial charge in [-0.15, -0.1) is 0 Å². The van der Waals surface area contributed by atoms with E-state index in [1.54, 1.807) is 6.07 Å². The fourth-order valence-electron chi connectivity index (χ4n) is 2.10. The average molecular weight is 268 g/mol. The van der Waals surface area contributed by atoms with Crippen LogP contribution in [0.3, 0.4) is 0 Å². The maximum Gasteiger partial charge on any atom is 0.137 e. The van der Waals surface area contributed by atoms with Gasteiger partial charge >= 0.3 is 0 Å². The Balaban J connectivity index is 2.15. The van der Waals surface area contributed by atoms with Crippen LogP contribution in [0.15, 0.2) is 70.5 Å². The van der Waals surface area contributed by atoms with E-state index in [0.29, 0.717) is 4.90 Å². The zero-order chi connectivity index (χ0) is 13.2. The van der Waals surface area contributed by atoms with E-state index in [-0.39, 0.29) is 5.82 Å². The molecule has 94 valence electrons. The number of fused-ring (bicyclic) bond motifs is 1. The molecule has 0 aliphatic carbocycles. The predicted molar refractivity (Wildman–Crippen MR) is 79.2 cm³/mol. The minimum absolute atomic E-state index is 0.160. The Bertz CT molecular complexity index is 734. The van der Waals surface area contributed by atoms with E-state index in [1.807, 2.05) is 61.5 Å². The zero-order valence-corrected chi connectivity index (χ0v) is 11.4. The average Bonchev–Trinajstić information content (AvgIpc) is 2.44. The molecule has 19 heavy (non-hydrogen) atoms. The first-order valence-electron chi connectivity index (χ1n) is 6.16. The SMILES string of the molecule is Cc1ccccc1Sc1c(F)ccc2ccccc12. The monoisotopic (exact) mass is 268 g/mol. The van der Waals surface area contributed by atoms with Crippen LogP contribution in [-0.4, -0.2) is 0 Å². The Kier molecular flexibility index (Phi) is 3.26. The maximum atomic E-state index is 14.1. The van der Waals surface area contributed by atoms with Crippen LogP contribution in [0.2, 0.25) is 0 Å². The van der Waals surface area contributed by atoms with Gasteiger partial charge in [0.05, 0.1) is 4.90 Å². The molecule has 0 fully saturated rings. The van der Waals surface area contributed by atoms with E-state index in [0.717, 1.165) is 15.7 Å². The highest BCUT2D eigenvalue weighted by Gasteiger charge is 2.10. The van der Waals surface area contributed by atoms with Crippen LogP contribution >= 0.6 is 11.8 Å². The van der Waals surface area contributed by atoms with Crippen LogP contribution in [0, 0.1) is 12.7 Å². The molecule has 3 aromatic rings. The lowest BCUT2D eigenvalue weighted by Crippen LogP contribution is -1.86. The van der Waals surface area contributed by atoms with Crippen LogP contribution in [0.4, 0.5) is 4.39 Å². The third-order valence-corrected chi connectivity index (χ3v) is 4.43. The zero-order valence-electron chi connectivity index (χ0n) is 10.6. The molecule has 0 aliphatic heterocycles. The third-order valence-electron chi connectivity index (χ3n) is 3.14. The number of halogens is 1. The molecule has 0 bridgehead atoms. The summed E-state index contributed by atoms with van der Waals surface area (Å²) in [6.45, 7) is 2.05. The Morgan fingerprint density at radius 2 is 1.58 bits per heavy atom. The van der Waals surface area contributed by atoms with Gasteiger partial charge in [-0.2, -0.15) is 0 Å². The summed E-state index contributed by atoms with van der Waals surface area (Å²) in [5.41, 5.74) is 1.17. The summed E-state index contributed by atoms with van der Waals surface area (Å²) in [7, 11) is 0. The van der Waals surface area contributed by atoms with Crippen molar-refractivity contribution in [2.24, 2.45) is 0 Å². The Morgan fingerprint density at radius 1 is 0.842 bits per heavy atom. The molecule has 0 atom stereocenters. The molecule has 0 nitrogen and oxygen atoms in total. The molecule has 3 rings (SSSR count). The Labute approximate surface area is 116 Å². The summed E-state index contributed by atoms with van der Waals surface area (Å²) >= 11 is 1.50. The van der Waals surface area contributed by atoms with Crippen molar-refractivity contribution >= 4 is 22.5 Å². The van der Waals surface area contributed by atoms with Gasteiger partial charge in [0.25, 0.3) is 0 Å². The first-order chi connectivity index (χ1) is 9.25. The van der Waals surface area contributed by atoms with Crippen molar-refractivity contribution in [2.45, 2.75) is 16.7 Å². The second kappa shape index (κ2) is 5.06. The number of rotatable bonds is 2. The molecule has 0 unspecified atom stereocenters. The van der Waals surface area contributed by atoms with E-state index < -0.39 is 0 Å². The summed E-state index contributed by atoms with van der Waals surface area (Å²) < 4.78 is 14.1. The van der Waals surface area contributed by atoms with Crippen molar-refractivity contribution in [3.8, 4) is 0 Å². The van der Waals surface area contributed by atoms with E-state index in [4.69, 9.17) is 0 Å². The second-order valence-electron chi connectivity index (χ2n) is 4.47. The summed E-state index contributed by atoms with van der Waals surface area (Å²) in [6, 6.07) is 19.3. The standard InChI is InChI=1S/C17H13FS/c1-12-6-2-5-9-16(12)19-17-14-8-4-3-7-13(14)10-11-15(17)18/h2-11H,1H3. The summed E-state index contributed by atoms with van der Waals surface area (Å²) in [5, 5.41) is 2.04. The van der Waals surface area contributed by atoms with Crippen molar-refractivity contribution in [1.29, 1.82) is 0 Å². The van der Waals surface area contributed by atoms with E-state index in [9.17, 15) is 4.39 Å².